The Bertz CT molecular complexity index is 386. The third-order valence-electron chi connectivity index (χ3n) is 1.94. The van der Waals surface area contributed by atoms with Crippen molar-refractivity contribution in [3.63, 3.8) is 0 Å². The minimum Gasteiger partial charge on any atom is -0.291 e. The van der Waals surface area contributed by atoms with Crippen LogP contribution in [0.4, 0.5) is 13.2 Å². The van der Waals surface area contributed by atoms with Gasteiger partial charge in [-0.3, -0.25) is 14.6 Å². The highest BCUT2D eigenvalue weighted by atomic mass is 19.4. The van der Waals surface area contributed by atoms with Crippen molar-refractivity contribution in [2.75, 3.05) is 0 Å². The molecule has 1 aromatic rings. The lowest BCUT2D eigenvalue weighted by Gasteiger charge is -2.07. The lowest BCUT2D eigenvalue weighted by Crippen LogP contribution is -2.17. The monoisotopic (exact) mass is 208 g/mol. The fourth-order valence-electron chi connectivity index (χ4n) is 1.32. The number of aromatic amines is 1. The number of hydrogen-bond donors (Lipinski definition) is 1. The van der Waals surface area contributed by atoms with Gasteiger partial charge < -0.3 is 0 Å². The number of alkyl halides is 3. The van der Waals surface area contributed by atoms with E-state index in [0.29, 0.717) is 0 Å². The number of aromatic nitrogens is 2. The first-order chi connectivity index (χ1) is 6.25. The van der Waals surface area contributed by atoms with Crippen molar-refractivity contribution in [1.82, 2.24) is 9.78 Å². The number of nitrogens with one attached hydrogen (secondary N) is 1. The lowest BCUT2D eigenvalue weighted by molar-refractivity contribution is -0.142. The van der Waals surface area contributed by atoms with Crippen molar-refractivity contribution in [3.05, 3.63) is 21.6 Å². The molecule has 0 fully saturated rings. The van der Waals surface area contributed by atoms with Gasteiger partial charge in [0.2, 0.25) is 0 Å². The first kappa shape index (κ1) is 10.9. The maximum atomic E-state index is 12.4. The predicted molar refractivity (Wildman–Crippen MR) is 45.1 cm³/mol. The molecule has 0 spiro atoms. The summed E-state index contributed by atoms with van der Waals surface area (Å²) in [5.41, 5.74) is -1.77. The summed E-state index contributed by atoms with van der Waals surface area (Å²) >= 11 is 0. The fourth-order valence-corrected chi connectivity index (χ4v) is 1.32. The summed E-state index contributed by atoms with van der Waals surface area (Å²) in [6.07, 6.45) is -4.50. The smallest absolute Gasteiger partial charge is 0.291 e. The van der Waals surface area contributed by atoms with E-state index >= 15 is 0 Å². The molecule has 0 saturated heterocycles. The predicted octanol–water partition coefficient (Wildman–Crippen LogP) is 1.86. The van der Waals surface area contributed by atoms with Crippen molar-refractivity contribution in [2.45, 2.75) is 25.9 Å². The highest BCUT2D eigenvalue weighted by Gasteiger charge is 2.38. The maximum absolute atomic E-state index is 12.4. The summed E-state index contributed by atoms with van der Waals surface area (Å²) in [4.78, 5) is 11.3. The summed E-state index contributed by atoms with van der Waals surface area (Å²) in [5.74, 6) is -0.448. The van der Waals surface area contributed by atoms with Gasteiger partial charge in [-0.2, -0.15) is 13.2 Å². The van der Waals surface area contributed by atoms with Gasteiger partial charge in [0.05, 0.1) is 5.56 Å². The van der Waals surface area contributed by atoms with Crippen LogP contribution >= 0.6 is 0 Å². The zero-order valence-corrected chi connectivity index (χ0v) is 8.07. The Morgan fingerprint density at radius 3 is 2.14 bits per heavy atom. The van der Waals surface area contributed by atoms with Crippen LogP contribution in [-0.4, -0.2) is 9.78 Å². The van der Waals surface area contributed by atoms with E-state index in [4.69, 9.17) is 0 Å². The second-order valence-corrected chi connectivity index (χ2v) is 3.42. The van der Waals surface area contributed by atoms with Gasteiger partial charge in [-0.1, -0.05) is 13.8 Å². The molecule has 1 rings (SSSR count). The SMILES string of the molecule is CC(C)c1c(C(F)(F)F)[nH]n(C)c1=O. The van der Waals surface area contributed by atoms with Gasteiger partial charge in [-0.05, 0) is 5.92 Å². The topological polar surface area (TPSA) is 37.8 Å². The van der Waals surface area contributed by atoms with E-state index in [0.717, 1.165) is 4.68 Å². The van der Waals surface area contributed by atoms with E-state index in [-0.39, 0.29) is 5.56 Å². The molecule has 0 bridgehead atoms. The Hall–Kier alpha value is -1.20. The Balaban J connectivity index is 3.45. The largest absolute Gasteiger partial charge is 0.433 e. The van der Waals surface area contributed by atoms with E-state index in [1.165, 1.54) is 7.05 Å². The molecule has 80 valence electrons. The van der Waals surface area contributed by atoms with Crippen molar-refractivity contribution in [1.29, 1.82) is 0 Å². The van der Waals surface area contributed by atoms with E-state index in [1.807, 2.05) is 5.10 Å². The fraction of sp³-hybridized carbons (Fsp3) is 0.625. The van der Waals surface area contributed by atoms with Crippen molar-refractivity contribution < 1.29 is 13.2 Å². The van der Waals surface area contributed by atoms with Crippen LogP contribution in [0, 0.1) is 0 Å². The van der Waals surface area contributed by atoms with Gasteiger partial charge in [0, 0.05) is 7.05 Å². The Kier molecular flexibility index (Phi) is 2.47. The summed E-state index contributed by atoms with van der Waals surface area (Å²) < 4.78 is 38.1. The molecule has 0 radical (unpaired) electrons. The van der Waals surface area contributed by atoms with Crippen LogP contribution < -0.4 is 5.56 Å². The standard InChI is InChI=1S/C8H11F3N2O/c1-4(2)5-6(8(9,10)11)12-13(3)7(5)14/h4,12H,1-3H3. The van der Waals surface area contributed by atoms with E-state index < -0.39 is 23.3 Å². The average Bonchev–Trinajstić information content (AvgIpc) is 2.27. The molecule has 0 aliphatic rings. The molecule has 6 heteroatoms. The Morgan fingerprint density at radius 1 is 1.36 bits per heavy atom. The molecule has 1 N–H and O–H groups in total. The minimum atomic E-state index is -4.50. The molecular weight excluding hydrogens is 197 g/mol. The highest BCUT2D eigenvalue weighted by Crippen LogP contribution is 2.31. The van der Waals surface area contributed by atoms with Crippen LogP contribution in [0.3, 0.4) is 0 Å². The van der Waals surface area contributed by atoms with Gasteiger partial charge in [-0.15, -0.1) is 0 Å². The molecule has 3 nitrogen and oxygen atoms in total. The number of H-pyrrole nitrogens is 1. The van der Waals surface area contributed by atoms with Crippen LogP contribution in [0.2, 0.25) is 0 Å². The third-order valence-corrected chi connectivity index (χ3v) is 1.94. The normalized spacial score (nSPS) is 12.5. The van der Waals surface area contributed by atoms with E-state index in [1.54, 1.807) is 13.8 Å². The number of halogens is 3. The second kappa shape index (κ2) is 3.18. The molecule has 0 aliphatic carbocycles. The van der Waals surface area contributed by atoms with Crippen molar-refractivity contribution in [3.8, 4) is 0 Å². The van der Waals surface area contributed by atoms with Gasteiger partial charge in [0.1, 0.15) is 5.69 Å². The Morgan fingerprint density at radius 2 is 1.86 bits per heavy atom. The summed E-state index contributed by atoms with van der Waals surface area (Å²) in [7, 11) is 1.27. The lowest BCUT2D eigenvalue weighted by atomic mass is 10.0. The molecule has 0 unspecified atom stereocenters. The number of rotatable bonds is 1. The summed E-state index contributed by atoms with van der Waals surface area (Å²) in [5, 5.41) is 2.01. The van der Waals surface area contributed by atoms with Crippen LogP contribution in [0.1, 0.15) is 31.0 Å². The molecule has 0 atom stereocenters. The van der Waals surface area contributed by atoms with Gasteiger partial charge in [0.15, 0.2) is 0 Å². The van der Waals surface area contributed by atoms with Gasteiger partial charge in [0.25, 0.3) is 5.56 Å². The van der Waals surface area contributed by atoms with E-state index in [9.17, 15) is 18.0 Å². The van der Waals surface area contributed by atoms with Crippen LogP contribution in [0.25, 0.3) is 0 Å². The molecular formula is C8H11F3N2O. The van der Waals surface area contributed by atoms with Crippen molar-refractivity contribution >= 4 is 0 Å². The molecule has 0 saturated carbocycles. The minimum absolute atomic E-state index is 0.208. The molecule has 0 aliphatic heterocycles. The number of nitrogens with zero attached hydrogens (tertiary/aromatic N) is 1. The molecule has 0 amide bonds. The number of aryl methyl sites for hydroxylation is 1. The Labute approximate surface area is 78.5 Å². The summed E-state index contributed by atoms with van der Waals surface area (Å²) in [6, 6.07) is 0. The molecule has 1 heterocycles. The quantitative estimate of drug-likeness (QED) is 0.751. The van der Waals surface area contributed by atoms with Crippen LogP contribution in [0.5, 0.6) is 0 Å². The zero-order chi connectivity index (χ0) is 11.1. The molecule has 14 heavy (non-hydrogen) atoms. The second-order valence-electron chi connectivity index (χ2n) is 3.42. The first-order valence-corrected chi connectivity index (χ1v) is 4.11. The molecule has 0 aromatic carbocycles. The zero-order valence-electron chi connectivity index (χ0n) is 8.07. The third kappa shape index (κ3) is 1.69. The van der Waals surface area contributed by atoms with Gasteiger partial charge in [-0.25, -0.2) is 0 Å². The first-order valence-electron chi connectivity index (χ1n) is 4.11. The number of hydrogen-bond acceptors (Lipinski definition) is 1. The maximum Gasteiger partial charge on any atom is 0.433 e. The van der Waals surface area contributed by atoms with E-state index in [2.05, 4.69) is 0 Å². The average molecular weight is 208 g/mol. The van der Waals surface area contributed by atoms with Crippen LogP contribution in [0.15, 0.2) is 4.79 Å². The van der Waals surface area contributed by atoms with Gasteiger partial charge >= 0.3 is 6.18 Å². The van der Waals surface area contributed by atoms with Crippen LogP contribution in [-0.2, 0) is 13.2 Å². The summed E-state index contributed by atoms with van der Waals surface area (Å²) in [6.45, 7) is 3.11. The molecule has 1 aromatic heterocycles. The highest BCUT2D eigenvalue weighted by molar-refractivity contribution is 5.23. The van der Waals surface area contributed by atoms with Crippen molar-refractivity contribution in [2.24, 2.45) is 7.05 Å².